The molecule has 1 unspecified atom stereocenters. The molecule has 0 aromatic carbocycles. The van der Waals surface area contributed by atoms with Gasteiger partial charge in [-0.1, -0.05) is 52.1 Å². The first kappa shape index (κ1) is 11.4. The van der Waals surface area contributed by atoms with Gasteiger partial charge in [0.15, 0.2) is 0 Å². The van der Waals surface area contributed by atoms with Gasteiger partial charge < -0.3 is 5.11 Å². The number of hydrogen-bond donors (Lipinski definition) is 1. The zero-order chi connectivity index (χ0) is 7.98. The lowest BCUT2D eigenvalue weighted by atomic mass is 10.4. The molecule has 0 aliphatic rings. The quantitative estimate of drug-likeness (QED) is 0.451. The fraction of sp³-hybridized carbons (Fsp3) is 1.00. The molecule has 0 aromatic rings. The van der Waals surface area contributed by atoms with Gasteiger partial charge in [0.1, 0.15) is 0 Å². The second kappa shape index (κ2) is 7.05. The van der Waals surface area contributed by atoms with Crippen LogP contribution in [0.1, 0.15) is 6.92 Å². The normalized spacial score (nSPS) is 14.1. The molecule has 0 rings (SSSR count). The largest absolute Gasteiger partial charge is 0.395 e. The number of alkyl halides is 2. The van der Waals surface area contributed by atoms with E-state index in [9.17, 15) is 0 Å². The van der Waals surface area contributed by atoms with Gasteiger partial charge in [0.25, 0.3) is 0 Å². The summed E-state index contributed by atoms with van der Waals surface area (Å²) >= 11 is 4.71. The summed E-state index contributed by atoms with van der Waals surface area (Å²) in [4.78, 5) is 2.23. The van der Waals surface area contributed by atoms with E-state index in [4.69, 9.17) is 5.11 Å². The lowest BCUT2D eigenvalue weighted by molar-refractivity contribution is 0.221. The van der Waals surface area contributed by atoms with Gasteiger partial charge >= 0.3 is 0 Å². The van der Waals surface area contributed by atoms with Crippen molar-refractivity contribution in [3.05, 3.63) is 0 Å². The van der Waals surface area contributed by atoms with Crippen LogP contribution < -0.4 is 0 Å². The minimum atomic E-state index is 0.270. The van der Waals surface area contributed by atoms with Crippen molar-refractivity contribution < 1.29 is 5.11 Å². The van der Waals surface area contributed by atoms with Gasteiger partial charge in [-0.25, -0.2) is 0 Å². The zero-order valence-electron chi connectivity index (χ0n) is 6.06. The molecule has 0 aliphatic carbocycles. The molecular weight excluding hydrogens is 356 g/mol. The monoisotopic (exact) mass is 369 g/mol. The Balaban J connectivity index is 3.39. The molecule has 0 spiro atoms. The number of rotatable bonds is 5. The molecule has 10 heavy (non-hydrogen) atoms. The standard InChI is InChI=1S/C6H13I2NO/c1-6(8)4-9(5-7)2-3-10/h6,10H,2-5H2,1H3. The van der Waals surface area contributed by atoms with Crippen LogP contribution in [-0.4, -0.2) is 38.2 Å². The van der Waals surface area contributed by atoms with Crippen molar-refractivity contribution in [1.82, 2.24) is 4.90 Å². The molecule has 2 nitrogen and oxygen atoms in total. The van der Waals surface area contributed by atoms with Crippen LogP contribution in [0.3, 0.4) is 0 Å². The highest BCUT2D eigenvalue weighted by molar-refractivity contribution is 14.1. The Morgan fingerprint density at radius 1 is 1.60 bits per heavy atom. The molecule has 0 aliphatic heterocycles. The highest BCUT2D eigenvalue weighted by Crippen LogP contribution is 2.03. The minimum Gasteiger partial charge on any atom is -0.395 e. The van der Waals surface area contributed by atoms with Crippen molar-refractivity contribution in [2.45, 2.75) is 10.8 Å². The Bertz CT molecular complexity index is 80.1. The fourth-order valence-corrected chi connectivity index (χ4v) is 1.87. The Labute approximate surface area is 89.6 Å². The van der Waals surface area contributed by atoms with E-state index in [0.717, 1.165) is 17.6 Å². The molecule has 0 amide bonds. The van der Waals surface area contributed by atoms with Crippen LogP contribution in [0.15, 0.2) is 0 Å². The smallest absolute Gasteiger partial charge is 0.0558 e. The number of halogens is 2. The van der Waals surface area contributed by atoms with Crippen molar-refractivity contribution in [3.63, 3.8) is 0 Å². The summed E-state index contributed by atoms with van der Waals surface area (Å²) < 4.78 is 1.67. The van der Waals surface area contributed by atoms with E-state index in [1.54, 1.807) is 0 Å². The van der Waals surface area contributed by atoms with Gasteiger partial charge in [-0.15, -0.1) is 0 Å². The first-order valence-electron chi connectivity index (χ1n) is 3.24. The summed E-state index contributed by atoms with van der Waals surface area (Å²) in [5.41, 5.74) is 0. The van der Waals surface area contributed by atoms with Gasteiger partial charge in [-0.2, -0.15) is 0 Å². The number of nitrogens with zero attached hydrogens (tertiary/aromatic N) is 1. The summed E-state index contributed by atoms with van der Waals surface area (Å²) in [5.74, 6) is 0. The van der Waals surface area contributed by atoms with Crippen molar-refractivity contribution in [2.75, 3.05) is 24.2 Å². The lowest BCUT2D eigenvalue weighted by Crippen LogP contribution is -2.30. The molecule has 0 bridgehead atoms. The molecule has 1 atom stereocenters. The summed E-state index contributed by atoms with van der Waals surface area (Å²) in [6.45, 7) is 4.32. The Kier molecular flexibility index (Phi) is 8.03. The molecule has 4 heteroatoms. The van der Waals surface area contributed by atoms with Crippen LogP contribution in [0, 0.1) is 0 Å². The van der Waals surface area contributed by atoms with E-state index in [0.29, 0.717) is 3.92 Å². The molecule has 0 saturated heterocycles. The molecule has 0 saturated carbocycles. The zero-order valence-corrected chi connectivity index (χ0v) is 10.4. The number of hydrogen-bond acceptors (Lipinski definition) is 2. The summed E-state index contributed by atoms with van der Waals surface area (Å²) in [6.07, 6.45) is 0. The first-order valence-corrected chi connectivity index (χ1v) is 6.01. The molecule has 0 aromatic heterocycles. The first-order chi connectivity index (χ1) is 4.70. The molecule has 1 N–H and O–H groups in total. The average molecular weight is 369 g/mol. The van der Waals surface area contributed by atoms with Crippen molar-refractivity contribution in [2.24, 2.45) is 0 Å². The van der Waals surface area contributed by atoms with Crippen molar-refractivity contribution in [1.29, 1.82) is 0 Å². The SMILES string of the molecule is CC(I)CN(CI)CCO. The average Bonchev–Trinajstić information content (AvgIpc) is 1.86. The van der Waals surface area contributed by atoms with Crippen LogP contribution in [-0.2, 0) is 0 Å². The third kappa shape index (κ3) is 6.11. The van der Waals surface area contributed by atoms with Gasteiger partial charge in [-0.05, 0) is 0 Å². The maximum Gasteiger partial charge on any atom is 0.0558 e. The van der Waals surface area contributed by atoms with Crippen molar-refractivity contribution >= 4 is 45.2 Å². The molecule has 0 fully saturated rings. The molecular formula is C6H13I2NO. The molecule has 0 heterocycles. The second-order valence-corrected chi connectivity index (χ2v) is 5.01. The number of aliphatic hydroxyl groups is 1. The Hall–Kier alpha value is 1.38. The fourth-order valence-electron chi connectivity index (χ4n) is 0.697. The van der Waals surface area contributed by atoms with E-state index in [1.165, 1.54) is 0 Å². The van der Waals surface area contributed by atoms with E-state index < -0.39 is 0 Å². The summed E-state index contributed by atoms with van der Waals surface area (Å²) in [7, 11) is 0. The highest BCUT2D eigenvalue weighted by Gasteiger charge is 2.04. The van der Waals surface area contributed by atoms with Crippen LogP contribution >= 0.6 is 45.2 Å². The maximum atomic E-state index is 8.63. The molecule has 62 valence electrons. The van der Waals surface area contributed by atoms with E-state index in [-0.39, 0.29) is 6.61 Å². The highest BCUT2D eigenvalue weighted by atomic mass is 127. The summed E-state index contributed by atoms with van der Waals surface area (Å²) in [5, 5.41) is 8.63. The molecule has 0 radical (unpaired) electrons. The minimum absolute atomic E-state index is 0.270. The predicted octanol–water partition coefficient (Wildman–Crippen LogP) is 1.50. The predicted molar refractivity (Wildman–Crippen MR) is 61.0 cm³/mol. The van der Waals surface area contributed by atoms with Gasteiger partial charge in [0, 0.05) is 17.0 Å². The van der Waals surface area contributed by atoms with E-state index >= 15 is 0 Å². The lowest BCUT2D eigenvalue weighted by Gasteiger charge is -2.19. The van der Waals surface area contributed by atoms with E-state index in [2.05, 4.69) is 57.0 Å². The third-order valence-electron chi connectivity index (χ3n) is 1.10. The van der Waals surface area contributed by atoms with Gasteiger partial charge in [0.05, 0.1) is 11.2 Å². The van der Waals surface area contributed by atoms with E-state index in [1.807, 2.05) is 0 Å². The Morgan fingerprint density at radius 2 is 2.20 bits per heavy atom. The summed E-state index contributed by atoms with van der Waals surface area (Å²) in [6, 6.07) is 0. The van der Waals surface area contributed by atoms with Crippen LogP contribution in [0.4, 0.5) is 0 Å². The van der Waals surface area contributed by atoms with Crippen molar-refractivity contribution in [3.8, 4) is 0 Å². The third-order valence-corrected chi connectivity index (χ3v) is 2.45. The second-order valence-electron chi connectivity index (χ2n) is 2.20. The topological polar surface area (TPSA) is 23.5 Å². The maximum absolute atomic E-state index is 8.63. The van der Waals surface area contributed by atoms with Crippen LogP contribution in [0.5, 0.6) is 0 Å². The Morgan fingerprint density at radius 3 is 2.50 bits per heavy atom. The van der Waals surface area contributed by atoms with Crippen LogP contribution in [0.2, 0.25) is 0 Å². The number of aliphatic hydroxyl groups excluding tert-OH is 1. The van der Waals surface area contributed by atoms with Crippen LogP contribution in [0.25, 0.3) is 0 Å². The van der Waals surface area contributed by atoms with Gasteiger partial charge in [0.2, 0.25) is 0 Å². The van der Waals surface area contributed by atoms with Gasteiger partial charge in [-0.3, -0.25) is 4.90 Å².